The molecule has 4 nitrogen and oxygen atoms in total. The molecule has 1 aliphatic rings. The predicted octanol–water partition coefficient (Wildman–Crippen LogP) is 3.80. The van der Waals surface area contributed by atoms with Gasteiger partial charge in [-0.3, -0.25) is 4.98 Å². The van der Waals surface area contributed by atoms with Gasteiger partial charge < -0.3 is 10.1 Å². The van der Waals surface area contributed by atoms with Crippen LogP contribution < -0.4 is 5.32 Å². The first-order chi connectivity index (χ1) is 12.6. The number of aromatic nitrogens is 1. The molecule has 0 saturated heterocycles. The Morgan fingerprint density at radius 1 is 1.31 bits per heavy atom. The molecular weight excluding hydrogens is 351 g/mol. The van der Waals surface area contributed by atoms with Crippen molar-refractivity contribution in [2.24, 2.45) is 0 Å². The van der Waals surface area contributed by atoms with Gasteiger partial charge in [0, 0.05) is 19.4 Å². The summed E-state index contributed by atoms with van der Waals surface area (Å²) in [5.74, 6) is -0.857. The van der Waals surface area contributed by atoms with Gasteiger partial charge in [0.25, 0.3) is 0 Å². The highest BCUT2D eigenvalue weighted by Gasteiger charge is 2.48. The Kier molecular flexibility index (Phi) is 5.61. The summed E-state index contributed by atoms with van der Waals surface area (Å²) in [4.78, 5) is 17.5. The Morgan fingerprint density at radius 2 is 2.08 bits per heavy atom. The van der Waals surface area contributed by atoms with E-state index < -0.39 is 17.5 Å². The standard InChI is InChI=1S/C20H21FN2O2S/c1-22-19(26)20(15-5-4-12-23-13-15)11-3-2-6-17(20)25-18(24)14-7-9-16(21)10-8-14/h4-5,7-10,12-13,17H,2-3,6,11H2,1H3,(H,22,26)/t17-,20+/m1/s1. The number of carbonyl (C=O) groups excluding carboxylic acids is 1. The Labute approximate surface area is 157 Å². The molecule has 0 amide bonds. The monoisotopic (exact) mass is 372 g/mol. The van der Waals surface area contributed by atoms with E-state index in [4.69, 9.17) is 17.0 Å². The lowest BCUT2D eigenvalue weighted by atomic mass is 9.67. The molecule has 3 rings (SSSR count). The minimum Gasteiger partial charge on any atom is -0.457 e. The Hall–Kier alpha value is -2.34. The lowest BCUT2D eigenvalue weighted by molar-refractivity contribution is 0.00430. The third kappa shape index (κ3) is 3.46. The van der Waals surface area contributed by atoms with Crippen LogP contribution in [0.1, 0.15) is 41.6 Å². The summed E-state index contributed by atoms with van der Waals surface area (Å²) in [6.07, 6.45) is 6.52. The molecule has 2 atom stereocenters. The van der Waals surface area contributed by atoms with Crippen LogP contribution in [0.3, 0.4) is 0 Å². The molecule has 6 heteroatoms. The third-order valence-corrected chi connectivity index (χ3v) is 5.54. The minimum absolute atomic E-state index is 0.326. The highest BCUT2D eigenvalue weighted by atomic mass is 32.1. The van der Waals surface area contributed by atoms with Crippen LogP contribution in [-0.2, 0) is 10.2 Å². The van der Waals surface area contributed by atoms with Crippen LogP contribution in [0.15, 0.2) is 48.8 Å². The Bertz CT molecular complexity index is 782. The van der Waals surface area contributed by atoms with Gasteiger partial charge in [0.1, 0.15) is 11.9 Å². The number of halogens is 1. The molecule has 26 heavy (non-hydrogen) atoms. The van der Waals surface area contributed by atoms with Crippen molar-refractivity contribution in [2.45, 2.75) is 37.2 Å². The van der Waals surface area contributed by atoms with Crippen LogP contribution in [0, 0.1) is 5.82 Å². The maximum Gasteiger partial charge on any atom is 0.338 e. The van der Waals surface area contributed by atoms with Crippen molar-refractivity contribution < 1.29 is 13.9 Å². The van der Waals surface area contributed by atoms with Gasteiger partial charge in [-0.25, -0.2) is 9.18 Å². The summed E-state index contributed by atoms with van der Waals surface area (Å²) >= 11 is 5.65. The number of benzene rings is 1. The normalized spacial score (nSPS) is 22.5. The molecular formula is C20H21FN2O2S. The van der Waals surface area contributed by atoms with Gasteiger partial charge in [-0.1, -0.05) is 24.7 Å². The van der Waals surface area contributed by atoms with Crippen LogP contribution in [0.25, 0.3) is 0 Å². The number of ether oxygens (including phenoxy) is 1. The molecule has 0 unspecified atom stereocenters. The zero-order valence-corrected chi connectivity index (χ0v) is 15.4. The van der Waals surface area contributed by atoms with E-state index in [9.17, 15) is 9.18 Å². The van der Waals surface area contributed by atoms with Crippen molar-refractivity contribution in [3.8, 4) is 0 Å². The number of pyridine rings is 1. The third-order valence-electron chi connectivity index (χ3n) is 4.98. The predicted molar refractivity (Wildman–Crippen MR) is 102 cm³/mol. The fourth-order valence-electron chi connectivity index (χ4n) is 3.65. The second-order valence-electron chi connectivity index (χ2n) is 6.44. The lowest BCUT2D eigenvalue weighted by Crippen LogP contribution is -2.53. The highest BCUT2D eigenvalue weighted by molar-refractivity contribution is 7.80. The van der Waals surface area contributed by atoms with Crippen molar-refractivity contribution in [1.29, 1.82) is 0 Å². The summed E-state index contributed by atoms with van der Waals surface area (Å²) in [6, 6.07) is 9.21. The van der Waals surface area contributed by atoms with E-state index in [-0.39, 0.29) is 5.82 Å². The van der Waals surface area contributed by atoms with Crippen LogP contribution in [0.2, 0.25) is 0 Å². The van der Waals surface area contributed by atoms with E-state index in [0.717, 1.165) is 24.8 Å². The second kappa shape index (κ2) is 7.91. The van der Waals surface area contributed by atoms with Crippen molar-refractivity contribution in [1.82, 2.24) is 10.3 Å². The van der Waals surface area contributed by atoms with Crippen LogP contribution in [-0.4, -0.2) is 29.1 Å². The number of esters is 1. The first-order valence-corrected chi connectivity index (χ1v) is 9.08. The number of hydrogen-bond acceptors (Lipinski definition) is 4. The van der Waals surface area contributed by atoms with Crippen LogP contribution in [0.5, 0.6) is 0 Å². The quantitative estimate of drug-likeness (QED) is 0.653. The van der Waals surface area contributed by atoms with Crippen LogP contribution in [0.4, 0.5) is 4.39 Å². The number of nitrogens with one attached hydrogen (secondary N) is 1. The molecule has 1 N–H and O–H groups in total. The number of rotatable bonds is 4. The number of thiocarbonyl (C=S) groups is 1. The molecule has 136 valence electrons. The first kappa shape index (κ1) is 18.5. The molecule has 0 aliphatic heterocycles. The topological polar surface area (TPSA) is 51.2 Å². The average Bonchev–Trinajstić information content (AvgIpc) is 2.69. The zero-order chi connectivity index (χ0) is 18.6. The largest absolute Gasteiger partial charge is 0.457 e. The minimum atomic E-state index is -0.605. The summed E-state index contributed by atoms with van der Waals surface area (Å²) in [5.41, 5.74) is 0.662. The Morgan fingerprint density at radius 3 is 2.73 bits per heavy atom. The molecule has 2 aromatic rings. The summed E-state index contributed by atoms with van der Waals surface area (Å²) in [6.45, 7) is 0. The molecule has 0 radical (unpaired) electrons. The van der Waals surface area contributed by atoms with Crippen molar-refractivity contribution in [2.75, 3.05) is 7.05 Å². The summed E-state index contributed by atoms with van der Waals surface area (Å²) in [5, 5.41) is 3.09. The molecule has 1 heterocycles. The van der Waals surface area contributed by atoms with Crippen LogP contribution >= 0.6 is 12.2 Å². The molecule has 1 aliphatic carbocycles. The lowest BCUT2D eigenvalue weighted by Gasteiger charge is -2.43. The average molecular weight is 372 g/mol. The van der Waals surface area contributed by atoms with Gasteiger partial charge in [0.05, 0.1) is 16.0 Å². The zero-order valence-electron chi connectivity index (χ0n) is 14.6. The maximum absolute atomic E-state index is 13.1. The van der Waals surface area contributed by atoms with Crippen molar-refractivity contribution >= 4 is 23.2 Å². The van der Waals surface area contributed by atoms with Crippen molar-refractivity contribution in [3.63, 3.8) is 0 Å². The van der Waals surface area contributed by atoms with Gasteiger partial charge in [-0.05, 0) is 55.2 Å². The summed E-state index contributed by atoms with van der Waals surface area (Å²) < 4.78 is 19.0. The van der Waals surface area contributed by atoms with Gasteiger partial charge >= 0.3 is 5.97 Å². The smallest absolute Gasteiger partial charge is 0.338 e. The molecule has 1 saturated carbocycles. The van der Waals surface area contributed by atoms with Gasteiger partial charge in [0.15, 0.2) is 0 Å². The fraction of sp³-hybridized carbons (Fsp3) is 0.350. The second-order valence-corrected chi connectivity index (χ2v) is 6.85. The van der Waals surface area contributed by atoms with E-state index in [1.165, 1.54) is 24.3 Å². The fourth-order valence-corrected chi connectivity index (χ4v) is 4.01. The van der Waals surface area contributed by atoms with E-state index in [2.05, 4.69) is 10.3 Å². The van der Waals surface area contributed by atoms with E-state index in [0.29, 0.717) is 17.0 Å². The molecule has 1 aromatic carbocycles. The van der Waals surface area contributed by atoms with Gasteiger partial charge in [-0.15, -0.1) is 0 Å². The molecule has 0 spiro atoms. The van der Waals surface area contributed by atoms with E-state index in [1.807, 2.05) is 12.1 Å². The van der Waals surface area contributed by atoms with Crippen molar-refractivity contribution in [3.05, 3.63) is 65.7 Å². The van der Waals surface area contributed by atoms with E-state index in [1.54, 1.807) is 19.4 Å². The molecule has 1 fully saturated rings. The number of likely N-dealkylation sites (N-methyl/N-ethyl adjacent to an activating group) is 1. The first-order valence-electron chi connectivity index (χ1n) is 8.67. The highest BCUT2D eigenvalue weighted by Crippen LogP contribution is 2.42. The molecule has 1 aromatic heterocycles. The number of hydrogen-bond donors (Lipinski definition) is 1. The van der Waals surface area contributed by atoms with Gasteiger partial charge in [-0.2, -0.15) is 0 Å². The summed E-state index contributed by atoms with van der Waals surface area (Å²) in [7, 11) is 1.79. The maximum atomic E-state index is 13.1. The SMILES string of the molecule is CNC(=S)[C@]1(c2cccnc2)CCCC[C@H]1OC(=O)c1ccc(F)cc1. The number of nitrogens with zero attached hydrogens (tertiary/aromatic N) is 1. The number of carbonyl (C=O) groups is 1. The molecule has 0 bridgehead atoms. The van der Waals surface area contributed by atoms with E-state index >= 15 is 0 Å². The van der Waals surface area contributed by atoms with Gasteiger partial charge in [0.2, 0.25) is 0 Å². The Balaban J connectivity index is 1.95.